The second-order valence-corrected chi connectivity index (χ2v) is 19.7. The second-order valence-electron chi connectivity index (χ2n) is 19.7. The van der Waals surface area contributed by atoms with Gasteiger partial charge in [0.1, 0.15) is 123 Å². The van der Waals surface area contributed by atoms with E-state index >= 15 is 0 Å². The number of phenols is 2. The van der Waals surface area contributed by atoms with E-state index in [2.05, 4.69) is 0 Å². The summed E-state index contributed by atoms with van der Waals surface area (Å²) in [6.45, 7) is -3.08. The summed E-state index contributed by atoms with van der Waals surface area (Å²) in [6.07, 6.45) is -34.5. The average Bonchev–Trinajstić information content (AvgIpc) is 3.95. The van der Waals surface area contributed by atoms with E-state index in [9.17, 15) is 91.3 Å². The molecule has 0 aliphatic carbocycles. The molecule has 32 nitrogen and oxygen atoms in total. The van der Waals surface area contributed by atoms with Crippen LogP contribution < -0.4 is 9.47 Å². The van der Waals surface area contributed by atoms with Crippen molar-refractivity contribution >= 4 is 24.1 Å². The number of aromatic hydroxyl groups is 2. The van der Waals surface area contributed by atoms with Crippen molar-refractivity contribution in [2.24, 2.45) is 0 Å². The van der Waals surface area contributed by atoms with Gasteiger partial charge in [0.25, 0.3) is 0 Å². The zero-order valence-corrected chi connectivity index (χ0v) is 43.4. The van der Waals surface area contributed by atoms with E-state index in [4.69, 9.17) is 66.3 Å². The maximum absolute atomic E-state index is 13.0. The van der Waals surface area contributed by atoms with Crippen LogP contribution in [0.2, 0.25) is 0 Å². The zero-order valence-electron chi connectivity index (χ0n) is 43.4. The van der Waals surface area contributed by atoms with Gasteiger partial charge in [-0.3, -0.25) is 0 Å². The van der Waals surface area contributed by atoms with Gasteiger partial charge in [-0.15, -0.1) is 0 Å². The van der Waals surface area contributed by atoms with Crippen LogP contribution in [-0.2, 0) is 66.4 Å². The molecule has 0 amide bonds. The molecule has 0 radical (unpaired) electrons. The monoisotopic (exact) mass is 1180 g/mol. The van der Waals surface area contributed by atoms with Crippen LogP contribution in [0, 0.1) is 0 Å². The summed E-state index contributed by atoms with van der Waals surface area (Å²) >= 11 is 0. The van der Waals surface area contributed by atoms with Gasteiger partial charge in [-0.25, -0.2) is 9.59 Å². The molecular formula is C50H66O32. The van der Waals surface area contributed by atoms with E-state index < -0.39 is 211 Å². The number of benzene rings is 2. The van der Waals surface area contributed by atoms with E-state index in [-0.39, 0.29) is 33.8 Å². The first kappa shape index (κ1) is 63.1. The summed E-state index contributed by atoms with van der Waals surface area (Å²) < 4.78 is 75.2. The minimum absolute atomic E-state index is 0.0647. The van der Waals surface area contributed by atoms with Crippen LogP contribution in [-0.4, -0.2) is 295 Å². The van der Waals surface area contributed by atoms with E-state index in [1.54, 1.807) is 0 Å². The van der Waals surface area contributed by atoms with Crippen molar-refractivity contribution in [2.45, 2.75) is 148 Å². The number of hydrogen-bond donors (Lipinski definition) is 16. The number of carbonyl (C=O) groups is 2. The number of aliphatic hydroxyl groups excluding tert-OH is 14. The number of hydrogen-bond acceptors (Lipinski definition) is 32. The lowest BCUT2D eigenvalue weighted by Crippen LogP contribution is -2.60. The first-order valence-electron chi connectivity index (χ1n) is 25.4. The molecule has 6 aliphatic rings. The van der Waals surface area contributed by atoms with Crippen LogP contribution in [0.3, 0.4) is 0 Å². The Morgan fingerprint density at radius 3 is 1.21 bits per heavy atom. The van der Waals surface area contributed by atoms with Gasteiger partial charge >= 0.3 is 11.9 Å². The standard InChI is InChI=1S/C50H66O32/c1-69-23-9-17(3-5-29(53)71-13-25-35(59)39(63)49(79-25)81-43-21(51)11-75-47(41(43)65)77-27-15-73-45(67)37(61)33(27)57)7-19(31(23)55)20-8-18(10-24(70-2)32(20)56)4-6-30(54)72-14-26-36(60)40(64)50(80-26)82-44-22(52)12-76-48(42(44)66)78-28-16-74-46(68)38(62)34(28)58/h3-10,21-22,25-28,33-52,55-68H,11-16H2,1-2H3. The Labute approximate surface area is 464 Å². The fourth-order valence-electron chi connectivity index (χ4n) is 9.43. The van der Waals surface area contributed by atoms with Gasteiger partial charge in [-0.1, -0.05) is 0 Å². The Balaban J connectivity index is 0.850. The Bertz CT molecular complexity index is 2360. The number of ether oxygens (including phenoxy) is 14. The Morgan fingerprint density at radius 1 is 0.463 bits per heavy atom. The molecule has 6 heterocycles. The molecule has 0 saturated carbocycles. The average molecular weight is 1180 g/mol. The SMILES string of the molecule is COc1cc(C=CC(=O)OCC2OC(OC3C(O)COC(OC4COC(O)C(O)C4O)C3O)C(O)C2O)cc(-c2cc(C=CC(=O)OCC3OC(OC4C(O)COC(OC5COC(O)C(O)C5O)C4O)C(O)C3O)cc(OC)c2O)c1O. The number of esters is 2. The Morgan fingerprint density at radius 2 is 0.841 bits per heavy atom. The number of methoxy groups -OCH3 is 2. The van der Waals surface area contributed by atoms with Crippen molar-refractivity contribution in [3.8, 4) is 34.1 Å². The smallest absolute Gasteiger partial charge is 0.330 e. The molecule has 6 aliphatic heterocycles. The highest BCUT2D eigenvalue weighted by Crippen LogP contribution is 2.46. The number of carbonyl (C=O) groups excluding carboxylic acids is 2. The molecule has 0 bridgehead atoms. The lowest BCUT2D eigenvalue weighted by atomic mass is 9.97. The summed E-state index contributed by atoms with van der Waals surface area (Å²) in [5, 5.41) is 168. The third kappa shape index (κ3) is 14.1. The Hall–Kier alpha value is -4.90. The van der Waals surface area contributed by atoms with Gasteiger partial charge < -0.3 is 148 Å². The summed E-state index contributed by atoms with van der Waals surface area (Å²) in [5.41, 5.74) is 0.265. The predicted molar refractivity (Wildman–Crippen MR) is 261 cm³/mol. The first-order valence-corrected chi connectivity index (χ1v) is 25.4. The lowest BCUT2D eigenvalue weighted by molar-refractivity contribution is -0.338. The summed E-state index contributed by atoms with van der Waals surface area (Å²) in [7, 11) is 2.46. The Kier molecular flexibility index (Phi) is 21.1. The summed E-state index contributed by atoms with van der Waals surface area (Å²) in [4.78, 5) is 26.0. The molecule has 24 atom stereocenters. The van der Waals surface area contributed by atoms with Crippen molar-refractivity contribution in [1.29, 1.82) is 0 Å². The lowest BCUT2D eigenvalue weighted by Gasteiger charge is -2.42. The molecule has 0 aromatic heterocycles. The molecule has 6 saturated heterocycles. The first-order chi connectivity index (χ1) is 39.0. The molecule has 82 heavy (non-hydrogen) atoms. The van der Waals surface area contributed by atoms with Gasteiger partial charge in [0.2, 0.25) is 0 Å². The van der Waals surface area contributed by atoms with Gasteiger partial charge in [-0.05, 0) is 47.5 Å². The molecular weight excluding hydrogens is 1110 g/mol. The maximum Gasteiger partial charge on any atom is 0.330 e. The van der Waals surface area contributed by atoms with E-state index in [0.717, 1.165) is 12.2 Å². The van der Waals surface area contributed by atoms with E-state index in [1.807, 2.05) is 0 Å². The fourth-order valence-corrected chi connectivity index (χ4v) is 9.43. The quantitative estimate of drug-likeness (QED) is 0.0459. The van der Waals surface area contributed by atoms with E-state index in [0.29, 0.717) is 0 Å². The molecule has 2 aromatic carbocycles. The van der Waals surface area contributed by atoms with Crippen LogP contribution in [0.25, 0.3) is 23.3 Å². The third-order valence-electron chi connectivity index (χ3n) is 14.1. The van der Waals surface area contributed by atoms with Crippen LogP contribution in [0.15, 0.2) is 36.4 Å². The molecule has 24 unspecified atom stereocenters. The van der Waals surface area contributed by atoms with Crippen molar-refractivity contribution in [2.75, 3.05) is 53.9 Å². The molecule has 6 fully saturated rings. The zero-order chi connectivity index (χ0) is 59.4. The number of aliphatic hydroxyl groups is 14. The van der Waals surface area contributed by atoms with Crippen LogP contribution >= 0.6 is 0 Å². The maximum atomic E-state index is 13.0. The largest absolute Gasteiger partial charge is 0.504 e. The summed E-state index contributed by atoms with van der Waals surface area (Å²) in [6, 6.07) is 5.35. The molecule has 32 heteroatoms. The van der Waals surface area contributed by atoms with Crippen LogP contribution in [0.4, 0.5) is 0 Å². The predicted octanol–water partition coefficient (Wildman–Crippen LogP) is -7.37. The van der Waals surface area contributed by atoms with Crippen molar-refractivity contribution in [3.63, 3.8) is 0 Å². The van der Waals surface area contributed by atoms with Gasteiger partial charge in [0, 0.05) is 23.3 Å². The third-order valence-corrected chi connectivity index (χ3v) is 14.1. The molecule has 2 aromatic rings. The summed E-state index contributed by atoms with van der Waals surface area (Å²) in [5.74, 6) is -3.21. The minimum atomic E-state index is -1.80. The number of phenolic OH excluding ortho intramolecular Hbond substituents is 2. The van der Waals surface area contributed by atoms with E-state index in [1.165, 1.54) is 50.6 Å². The highest BCUT2D eigenvalue weighted by molar-refractivity contribution is 5.90. The fraction of sp³-hybridized carbons (Fsp3) is 0.640. The van der Waals surface area contributed by atoms with Crippen LogP contribution in [0.1, 0.15) is 11.1 Å². The molecule has 0 spiro atoms. The van der Waals surface area contributed by atoms with Crippen molar-refractivity contribution in [1.82, 2.24) is 0 Å². The normalized spacial score (nSPS) is 39.9. The number of rotatable bonds is 19. The molecule has 458 valence electrons. The van der Waals surface area contributed by atoms with Gasteiger partial charge in [0.15, 0.2) is 60.7 Å². The van der Waals surface area contributed by atoms with Crippen molar-refractivity contribution < 1.29 is 158 Å². The minimum Gasteiger partial charge on any atom is -0.504 e. The van der Waals surface area contributed by atoms with Gasteiger partial charge in [0.05, 0.1) is 40.6 Å². The molecule has 8 rings (SSSR count). The van der Waals surface area contributed by atoms with Crippen molar-refractivity contribution in [3.05, 3.63) is 47.5 Å². The highest BCUT2D eigenvalue weighted by Gasteiger charge is 2.52. The van der Waals surface area contributed by atoms with Crippen LogP contribution in [0.5, 0.6) is 23.0 Å². The highest BCUT2D eigenvalue weighted by atomic mass is 16.8. The second kappa shape index (κ2) is 27.4. The van der Waals surface area contributed by atoms with Gasteiger partial charge in [-0.2, -0.15) is 0 Å². The molecule has 16 N–H and O–H groups in total. The topological polar surface area (TPSA) is 487 Å².